The van der Waals surface area contributed by atoms with Crippen molar-refractivity contribution in [1.82, 2.24) is 0 Å². The van der Waals surface area contributed by atoms with Crippen LogP contribution < -0.4 is 4.90 Å². The molecule has 0 saturated carbocycles. The molecule has 3 aliphatic heterocycles. The van der Waals surface area contributed by atoms with Gasteiger partial charge in [0.05, 0.1) is 41.4 Å². The van der Waals surface area contributed by atoms with Gasteiger partial charge >= 0.3 is 5.97 Å². The van der Waals surface area contributed by atoms with E-state index in [4.69, 9.17) is 9.47 Å². The molecule has 0 spiro atoms. The summed E-state index contributed by atoms with van der Waals surface area (Å²) in [7, 11) is 0. The first kappa shape index (κ1) is 15.1. The Morgan fingerprint density at radius 1 is 1.25 bits per heavy atom. The molecule has 2 fully saturated rings. The summed E-state index contributed by atoms with van der Waals surface area (Å²) in [5, 5.41) is 0. The fourth-order valence-corrected chi connectivity index (χ4v) is 3.87. The summed E-state index contributed by atoms with van der Waals surface area (Å²) in [6.45, 7) is 3.87. The average Bonchev–Trinajstić information content (AvgIpc) is 3.17. The van der Waals surface area contributed by atoms with Crippen molar-refractivity contribution in [3.8, 4) is 0 Å². The lowest BCUT2D eigenvalue weighted by molar-refractivity contribution is -0.126. The number of esters is 1. The fraction of sp³-hybridized carbons (Fsp3) is 0.389. The number of hydrogen-bond acceptors (Lipinski definition) is 5. The highest BCUT2D eigenvalue weighted by Gasteiger charge is 2.65. The average molecular weight is 327 g/mol. The van der Waals surface area contributed by atoms with Crippen molar-refractivity contribution in [3.63, 3.8) is 0 Å². The highest BCUT2D eigenvalue weighted by atomic mass is 16.5. The molecule has 1 aromatic rings. The first-order valence-electron chi connectivity index (χ1n) is 7.98. The summed E-state index contributed by atoms with van der Waals surface area (Å²) in [6, 6.07) is 6.32. The van der Waals surface area contributed by atoms with Crippen molar-refractivity contribution < 1.29 is 23.9 Å². The smallest absolute Gasteiger partial charge is 0.338 e. The van der Waals surface area contributed by atoms with Crippen LogP contribution in [-0.4, -0.2) is 36.1 Å². The van der Waals surface area contributed by atoms with E-state index in [1.54, 1.807) is 31.2 Å². The molecule has 0 aromatic heterocycles. The predicted octanol–water partition coefficient (Wildman–Crippen LogP) is 1.70. The zero-order valence-electron chi connectivity index (χ0n) is 13.4. The number of nitrogens with zero attached hydrogens (tertiary/aromatic N) is 1. The minimum Gasteiger partial charge on any atom is -0.462 e. The van der Waals surface area contributed by atoms with Crippen LogP contribution in [0.5, 0.6) is 0 Å². The number of hydrogen-bond donors (Lipinski definition) is 0. The van der Waals surface area contributed by atoms with Crippen molar-refractivity contribution in [2.45, 2.75) is 25.6 Å². The molecule has 0 unspecified atom stereocenters. The highest BCUT2D eigenvalue weighted by Crippen LogP contribution is 2.52. The molecule has 2 amide bonds. The van der Waals surface area contributed by atoms with E-state index in [-0.39, 0.29) is 17.9 Å². The number of anilines is 1. The monoisotopic (exact) mass is 327 g/mol. The van der Waals surface area contributed by atoms with Gasteiger partial charge in [0.25, 0.3) is 0 Å². The molecule has 0 aliphatic carbocycles. The molecule has 3 heterocycles. The third-order valence-corrected chi connectivity index (χ3v) is 4.97. The highest BCUT2D eigenvalue weighted by molar-refractivity contribution is 6.23. The second-order valence-electron chi connectivity index (χ2n) is 6.41. The molecule has 4 rings (SSSR count). The molecular weight excluding hydrogens is 310 g/mol. The van der Waals surface area contributed by atoms with Crippen LogP contribution in [0.4, 0.5) is 5.69 Å². The van der Waals surface area contributed by atoms with E-state index in [2.05, 4.69) is 0 Å². The van der Waals surface area contributed by atoms with Crippen molar-refractivity contribution in [3.05, 3.63) is 42.0 Å². The maximum absolute atomic E-state index is 12.8. The van der Waals surface area contributed by atoms with Gasteiger partial charge < -0.3 is 9.47 Å². The Kier molecular flexibility index (Phi) is 3.15. The van der Waals surface area contributed by atoms with Crippen LogP contribution in [0.25, 0.3) is 0 Å². The predicted molar refractivity (Wildman–Crippen MR) is 84.3 cm³/mol. The first-order chi connectivity index (χ1) is 11.5. The topological polar surface area (TPSA) is 72.9 Å². The van der Waals surface area contributed by atoms with Gasteiger partial charge in [0.15, 0.2) is 0 Å². The largest absolute Gasteiger partial charge is 0.462 e. The van der Waals surface area contributed by atoms with Gasteiger partial charge in [-0.15, -0.1) is 0 Å². The van der Waals surface area contributed by atoms with E-state index in [0.717, 1.165) is 0 Å². The van der Waals surface area contributed by atoms with E-state index in [9.17, 15) is 14.4 Å². The van der Waals surface area contributed by atoms with Crippen LogP contribution in [0.1, 0.15) is 24.2 Å². The van der Waals surface area contributed by atoms with E-state index in [1.807, 2.05) is 19.1 Å². The molecule has 3 aliphatic rings. The number of rotatable bonds is 3. The van der Waals surface area contributed by atoms with Crippen molar-refractivity contribution >= 4 is 23.5 Å². The first-order valence-corrected chi connectivity index (χ1v) is 7.98. The Bertz CT molecular complexity index is 768. The molecule has 24 heavy (non-hydrogen) atoms. The van der Waals surface area contributed by atoms with Gasteiger partial charge in [0.1, 0.15) is 0 Å². The normalized spacial score (nSPS) is 33.2. The number of fused-ring (bicyclic) bond motifs is 5. The van der Waals surface area contributed by atoms with Gasteiger partial charge in [-0.1, -0.05) is 12.2 Å². The van der Waals surface area contributed by atoms with Crippen molar-refractivity contribution in [2.24, 2.45) is 11.8 Å². The fourth-order valence-electron chi connectivity index (χ4n) is 3.87. The molecule has 6 heteroatoms. The van der Waals surface area contributed by atoms with Crippen LogP contribution in [0.15, 0.2) is 36.4 Å². The third kappa shape index (κ3) is 1.89. The molecule has 0 radical (unpaired) electrons. The quantitative estimate of drug-likeness (QED) is 0.480. The van der Waals surface area contributed by atoms with Gasteiger partial charge in [-0.3, -0.25) is 9.59 Å². The van der Waals surface area contributed by atoms with Crippen LogP contribution in [-0.2, 0) is 19.1 Å². The molecule has 6 nitrogen and oxygen atoms in total. The standard InChI is InChI=1S/C18H17NO5/c1-3-23-17(22)10-4-6-11(7-5-10)19-15(20)13-12-8-9-18(2,24-12)14(13)16(19)21/h4-9,12-14H,3H2,1-2H3/t12-,13-,14+,18-/m0/s1. The molecule has 2 bridgehead atoms. The summed E-state index contributed by atoms with van der Waals surface area (Å²) in [5.74, 6) is -1.86. The lowest BCUT2D eigenvalue weighted by Gasteiger charge is -2.24. The van der Waals surface area contributed by atoms with Crippen molar-refractivity contribution in [1.29, 1.82) is 0 Å². The number of carbonyl (C=O) groups excluding carboxylic acids is 3. The lowest BCUT2D eigenvalue weighted by atomic mass is 9.78. The minimum atomic E-state index is -0.707. The molecule has 2 saturated heterocycles. The van der Waals surface area contributed by atoms with Gasteiger partial charge in [0.2, 0.25) is 11.8 Å². The molecule has 124 valence electrons. The number of amides is 2. The maximum atomic E-state index is 12.8. The summed E-state index contributed by atoms with van der Waals surface area (Å²) >= 11 is 0. The van der Waals surface area contributed by atoms with Gasteiger partial charge in [-0.25, -0.2) is 9.69 Å². The Hall–Kier alpha value is -2.47. The van der Waals surface area contributed by atoms with Crippen molar-refractivity contribution in [2.75, 3.05) is 11.5 Å². The summed E-state index contributed by atoms with van der Waals surface area (Å²) in [4.78, 5) is 38.5. The third-order valence-electron chi connectivity index (χ3n) is 4.97. The second kappa shape index (κ2) is 5.01. The number of ether oxygens (including phenoxy) is 2. The Labute approximate surface area is 139 Å². The number of benzene rings is 1. The molecule has 4 atom stereocenters. The Morgan fingerprint density at radius 2 is 1.96 bits per heavy atom. The van der Waals surface area contributed by atoms with Crippen LogP contribution in [0.3, 0.4) is 0 Å². The molecular formula is C18H17NO5. The van der Waals surface area contributed by atoms with E-state index in [0.29, 0.717) is 17.9 Å². The zero-order chi connectivity index (χ0) is 17.1. The van der Waals surface area contributed by atoms with Gasteiger partial charge in [-0.2, -0.15) is 0 Å². The second-order valence-corrected chi connectivity index (χ2v) is 6.41. The van der Waals surface area contributed by atoms with E-state index < -0.39 is 23.4 Å². The van der Waals surface area contributed by atoms with Crippen LogP contribution >= 0.6 is 0 Å². The Morgan fingerprint density at radius 3 is 2.58 bits per heavy atom. The summed E-state index contributed by atoms with van der Waals surface area (Å²) < 4.78 is 10.7. The number of imide groups is 1. The lowest BCUT2D eigenvalue weighted by Crippen LogP contribution is -2.38. The zero-order valence-corrected chi connectivity index (χ0v) is 13.4. The summed E-state index contributed by atoms with van der Waals surface area (Å²) in [6.07, 6.45) is 3.40. The minimum absolute atomic E-state index is 0.244. The maximum Gasteiger partial charge on any atom is 0.338 e. The molecule has 1 aromatic carbocycles. The van der Waals surface area contributed by atoms with E-state index in [1.165, 1.54) is 4.90 Å². The SMILES string of the molecule is CCOC(=O)c1ccc(N2C(=O)[C@H]3[C@@H]4C=C[C@](C)(O4)[C@H]3C2=O)cc1. The number of carbonyl (C=O) groups is 3. The van der Waals surface area contributed by atoms with Crippen LogP contribution in [0, 0.1) is 11.8 Å². The van der Waals surface area contributed by atoms with Gasteiger partial charge in [0, 0.05) is 0 Å². The molecule has 0 N–H and O–H groups in total. The Balaban J connectivity index is 1.63. The van der Waals surface area contributed by atoms with Crippen LogP contribution in [0.2, 0.25) is 0 Å². The van der Waals surface area contributed by atoms with Gasteiger partial charge in [-0.05, 0) is 38.1 Å². The van der Waals surface area contributed by atoms with E-state index >= 15 is 0 Å². The summed E-state index contributed by atoms with van der Waals surface area (Å²) in [5.41, 5.74) is 0.147.